The second kappa shape index (κ2) is 9.54. The van der Waals surface area contributed by atoms with Gasteiger partial charge in [-0.05, 0) is 94.0 Å². The van der Waals surface area contributed by atoms with E-state index in [-0.39, 0.29) is 0 Å². The van der Waals surface area contributed by atoms with Crippen molar-refractivity contribution in [2.24, 2.45) is 0 Å². The van der Waals surface area contributed by atoms with Crippen molar-refractivity contribution in [3.8, 4) is 50.3 Å². The van der Waals surface area contributed by atoms with Crippen molar-refractivity contribution in [2.75, 3.05) is 0 Å². The monoisotopic (exact) mass is 610 g/mol. The molecule has 0 atom stereocenters. The van der Waals surface area contributed by atoms with Gasteiger partial charge in [-0.15, -0.1) is 0 Å². The van der Waals surface area contributed by atoms with Crippen LogP contribution in [-0.2, 0) is 0 Å². The first-order chi connectivity index (χ1) is 23.8. The Kier molecular flexibility index (Phi) is 5.11. The van der Waals surface area contributed by atoms with Crippen LogP contribution in [0.25, 0.3) is 105 Å². The van der Waals surface area contributed by atoms with E-state index in [2.05, 4.69) is 150 Å². The van der Waals surface area contributed by atoms with Gasteiger partial charge in [0, 0.05) is 38.2 Å². The Morgan fingerprint density at radius 1 is 0.417 bits per heavy atom. The molecule has 48 heavy (non-hydrogen) atoms. The number of furan rings is 1. The summed E-state index contributed by atoms with van der Waals surface area (Å²) in [4.78, 5) is 5.14. The number of pyridine rings is 1. The highest BCUT2D eigenvalue weighted by Crippen LogP contribution is 2.47. The third-order valence-electron chi connectivity index (χ3n) is 10.1. The molecule has 0 radical (unpaired) electrons. The first-order valence-electron chi connectivity index (χ1n) is 16.4. The van der Waals surface area contributed by atoms with E-state index in [0.29, 0.717) is 0 Å². The third-order valence-corrected chi connectivity index (χ3v) is 10.1. The van der Waals surface area contributed by atoms with Crippen LogP contribution in [0.4, 0.5) is 0 Å². The van der Waals surface area contributed by atoms with Crippen LogP contribution in [0.1, 0.15) is 0 Å². The zero-order valence-corrected chi connectivity index (χ0v) is 25.8. The fourth-order valence-electron chi connectivity index (χ4n) is 7.94. The minimum atomic E-state index is 0.915. The molecule has 0 aliphatic heterocycles. The van der Waals surface area contributed by atoms with Gasteiger partial charge in [0.15, 0.2) is 0 Å². The average Bonchev–Trinajstić information content (AvgIpc) is 3.80. The molecule has 0 fully saturated rings. The number of nitrogens with zero attached hydrogens (tertiary/aromatic N) is 2. The van der Waals surface area contributed by atoms with E-state index < -0.39 is 0 Å². The van der Waals surface area contributed by atoms with Crippen molar-refractivity contribution < 1.29 is 4.42 Å². The molecule has 0 N–H and O–H groups in total. The molecule has 10 aromatic rings. The zero-order valence-electron chi connectivity index (χ0n) is 25.8. The Morgan fingerprint density at radius 3 is 1.94 bits per heavy atom. The molecule has 7 aromatic carbocycles. The van der Waals surface area contributed by atoms with Gasteiger partial charge in [-0.1, -0.05) is 97.1 Å². The summed E-state index contributed by atoms with van der Waals surface area (Å²) in [6.45, 7) is 0. The lowest BCUT2D eigenvalue weighted by atomic mass is 10.0. The fraction of sp³-hybridized carbons (Fsp3) is 0. The lowest BCUT2D eigenvalue weighted by molar-refractivity contribution is 0.669. The van der Waals surface area contributed by atoms with Crippen LogP contribution in [-0.4, -0.2) is 9.55 Å². The Morgan fingerprint density at radius 2 is 1.06 bits per heavy atom. The molecule has 0 saturated carbocycles. The molecule has 0 amide bonds. The zero-order chi connectivity index (χ0) is 31.3. The van der Waals surface area contributed by atoms with Gasteiger partial charge in [0.25, 0.3) is 0 Å². The predicted octanol–water partition coefficient (Wildman–Crippen LogP) is 12.2. The molecular formula is C45H26N2O. The molecule has 0 spiro atoms. The van der Waals surface area contributed by atoms with Crippen LogP contribution in [0.5, 0.6) is 0 Å². The summed E-state index contributed by atoms with van der Waals surface area (Å²) < 4.78 is 8.48. The molecule has 0 saturated heterocycles. The van der Waals surface area contributed by atoms with E-state index in [9.17, 15) is 0 Å². The number of aromatic nitrogens is 2. The third kappa shape index (κ3) is 3.56. The van der Waals surface area contributed by atoms with E-state index in [4.69, 9.17) is 9.40 Å². The van der Waals surface area contributed by atoms with Crippen molar-refractivity contribution >= 4 is 54.6 Å². The summed E-state index contributed by atoms with van der Waals surface area (Å²) in [6.07, 6.45) is 0. The SMILES string of the molecule is c1ccc2c(c1)-c1cccc3nc(-c4ccc(-n5c6ccccc6c6cc(-c7ccc8oc9ccccc9c8c7)ccc65)cc4)cc-2c13. The van der Waals surface area contributed by atoms with Crippen molar-refractivity contribution in [3.05, 3.63) is 158 Å². The quantitative estimate of drug-likeness (QED) is 0.199. The lowest BCUT2D eigenvalue weighted by Gasteiger charge is -2.11. The van der Waals surface area contributed by atoms with Crippen LogP contribution in [0.3, 0.4) is 0 Å². The Bertz CT molecular complexity index is 2940. The Balaban J connectivity index is 1.03. The van der Waals surface area contributed by atoms with Gasteiger partial charge >= 0.3 is 0 Å². The molecule has 1 aliphatic rings. The standard InChI is InChI=1S/C45H26N2O/c1-2-9-32-31(8-1)35-12-7-13-39-45(35)38(32)26-40(46-39)27-16-20-30(21-17-27)47-41-14-5-3-10-33(41)36-24-28(18-22-42(36)47)29-19-23-44-37(25-29)34-11-4-6-15-43(34)48-44/h1-26H. The summed E-state index contributed by atoms with van der Waals surface area (Å²) in [7, 11) is 0. The molecule has 0 bridgehead atoms. The van der Waals surface area contributed by atoms with E-state index in [1.807, 2.05) is 12.1 Å². The van der Waals surface area contributed by atoms with Gasteiger partial charge in [-0.2, -0.15) is 0 Å². The van der Waals surface area contributed by atoms with Crippen LogP contribution in [0.2, 0.25) is 0 Å². The topological polar surface area (TPSA) is 31.0 Å². The largest absolute Gasteiger partial charge is 0.456 e. The van der Waals surface area contributed by atoms with Gasteiger partial charge < -0.3 is 8.98 Å². The van der Waals surface area contributed by atoms with Gasteiger partial charge in [0.05, 0.1) is 22.2 Å². The van der Waals surface area contributed by atoms with Gasteiger partial charge in [-0.3, -0.25) is 0 Å². The first kappa shape index (κ1) is 25.7. The molecule has 1 aliphatic carbocycles. The highest BCUT2D eigenvalue weighted by atomic mass is 16.3. The molecule has 222 valence electrons. The summed E-state index contributed by atoms with van der Waals surface area (Å²) in [5.74, 6) is 0. The molecule has 0 unspecified atom stereocenters. The van der Waals surface area contributed by atoms with Crippen molar-refractivity contribution in [3.63, 3.8) is 0 Å². The highest BCUT2D eigenvalue weighted by molar-refractivity contribution is 6.15. The second-order valence-corrected chi connectivity index (χ2v) is 12.7. The minimum absolute atomic E-state index is 0.915. The maximum absolute atomic E-state index is 6.10. The minimum Gasteiger partial charge on any atom is -0.456 e. The number of fused-ring (bicyclic) bond motifs is 9. The van der Waals surface area contributed by atoms with E-state index in [1.54, 1.807) is 0 Å². The molecule has 3 nitrogen and oxygen atoms in total. The van der Waals surface area contributed by atoms with Gasteiger partial charge in [0.1, 0.15) is 11.2 Å². The average molecular weight is 611 g/mol. The summed E-state index contributed by atoms with van der Waals surface area (Å²) >= 11 is 0. The maximum Gasteiger partial charge on any atom is 0.135 e. The van der Waals surface area contributed by atoms with Crippen LogP contribution in [0, 0.1) is 0 Å². The summed E-state index contributed by atoms with van der Waals surface area (Å²) in [5.41, 5.74) is 16.0. The number of hydrogen-bond donors (Lipinski definition) is 0. The van der Waals surface area contributed by atoms with Gasteiger partial charge in [0.2, 0.25) is 0 Å². The second-order valence-electron chi connectivity index (χ2n) is 12.7. The molecule has 3 heteroatoms. The molecule has 11 rings (SSSR count). The van der Waals surface area contributed by atoms with Crippen molar-refractivity contribution in [1.82, 2.24) is 9.55 Å². The number of hydrogen-bond acceptors (Lipinski definition) is 2. The fourth-order valence-corrected chi connectivity index (χ4v) is 7.94. The highest BCUT2D eigenvalue weighted by Gasteiger charge is 2.22. The number of para-hydroxylation sites is 2. The number of benzene rings is 7. The van der Waals surface area contributed by atoms with E-state index in [1.165, 1.54) is 60.6 Å². The van der Waals surface area contributed by atoms with Crippen molar-refractivity contribution in [2.45, 2.75) is 0 Å². The van der Waals surface area contributed by atoms with E-state index in [0.717, 1.165) is 44.4 Å². The van der Waals surface area contributed by atoms with Crippen molar-refractivity contribution in [1.29, 1.82) is 0 Å². The van der Waals surface area contributed by atoms with Crippen LogP contribution >= 0.6 is 0 Å². The maximum atomic E-state index is 6.10. The first-order valence-corrected chi connectivity index (χ1v) is 16.4. The Labute approximate surface area is 275 Å². The Hall–Kier alpha value is -6.45. The van der Waals surface area contributed by atoms with Gasteiger partial charge in [-0.25, -0.2) is 4.98 Å². The smallest absolute Gasteiger partial charge is 0.135 e. The summed E-state index contributed by atoms with van der Waals surface area (Å²) in [5, 5.41) is 6.01. The van der Waals surface area contributed by atoms with Crippen LogP contribution < -0.4 is 0 Å². The summed E-state index contributed by atoms with van der Waals surface area (Å²) in [6, 6.07) is 56.6. The number of rotatable bonds is 3. The van der Waals surface area contributed by atoms with Crippen LogP contribution in [0.15, 0.2) is 162 Å². The molecule has 3 heterocycles. The molecule has 3 aromatic heterocycles. The molecular weight excluding hydrogens is 585 g/mol. The lowest BCUT2D eigenvalue weighted by Crippen LogP contribution is -1.94. The van der Waals surface area contributed by atoms with E-state index >= 15 is 0 Å². The normalized spacial score (nSPS) is 12.2. The predicted molar refractivity (Wildman–Crippen MR) is 199 cm³/mol.